The lowest BCUT2D eigenvalue weighted by molar-refractivity contribution is 0.252. The van der Waals surface area contributed by atoms with Gasteiger partial charge >= 0.3 is 0 Å². The molecule has 110 valence electrons. The van der Waals surface area contributed by atoms with Crippen molar-refractivity contribution in [3.63, 3.8) is 0 Å². The number of hydrogen-bond acceptors (Lipinski definition) is 3. The van der Waals surface area contributed by atoms with Crippen molar-refractivity contribution in [3.8, 4) is 0 Å². The smallest absolute Gasteiger partial charge is 0.0703 e. The van der Waals surface area contributed by atoms with Gasteiger partial charge in [-0.1, -0.05) is 18.2 Å². The number of aromatic nitrogens is 1. The Morgan fingerprint density at radius 3 is 2.67 bits per heavy atom. The van der Waals surface area contributed by atoms with Gasteiger partial charge in [0.25, 0.3) is 0 Å². The number of hydrogen-bond donors (Lipinski definition) is 1. The number of pyridine rings is 1. The Labute approximate surface area is 126 Å². The van der Waals surface area contributed by atoms with E-state index in [0.717, 1.165) is 5.52 Å². The predicted octanol–water partition coefficient (Wildman–Crippen LogP) is 3.34. The van der Waals surface area contributed by atoms with Crippen molar-refractivity contribution in [2.75, 3.05) is 11.9 Å². The van der Waals surface area contributed by atoms with E-state index in [1.807, 2.05) is 0 Å². The summed E-state index contributed by atoms with van der Waals surface area (Å²) in [6, 6.07) is 12.8. The highest BCUT2D eigenvalue weighted by Crippen LogP contribution is 2.38. The van der Waals surface area contributed by atoms with Crippen molar-refractivity contribution in [2.45, 2.75) is 50.2 Å². The van der Waals surface area contributed by atoms with E-state index in [1.165, 1.54) is 43.2 Å². The van der Waals surface area contributed by atoms with Crippen LogP contribution in [0.4, 0.5) is 5.69 Å². The highest BCUT2D eigenvalue weighted by Gasteiger charge is 2.37. The van der Waals surface area contributed by atoms with Crippen LogP contribution in [-0.4, -0.2) is 30.2 Å². The van der Waals surface area contributed by atoms with Gasteiger partial charge in [0.2, 0.25) is 0 Å². The summed E-state index contributed by atoms with van der Waals surface area (Å²) in [6.07, 6.45) is 8.62. The Morgan fingerprint density at radius 1 is 1.14 bits per heavy atom. The van der Waals surface area contributed by atoms with Crippen molar-refractivity contribution in [3.05, 3.63) is 36.5 Å². The molecule has 0 aliphatic carbocycles. The van der Waals surface area contributed by atoms with E-state index in [2.05, 4.69) is 58.8 Å². The number of benzene rings is 1. The molecule has 3 heteroatoms. The fourth-order valence-corrected chi connectivity index (χ4v) is 4.24. The van der Waals surface area contributed by atoms with E-state index in [-0.39, 0.29) is 0 Å². The van der Waals surface area contributed by atoms with Gasteiger partial charge in [-0.3, -0.25) is 4.98 Å². The standard InChI is InChI=1S/C18H23N3/c1-19-14-10-15-6-4-7-16(11-14)21(15)17-9-13-5-2-3-8-18(13)20-12-17/h2-3,5,8-9,12,14-16,19H,4,6-7,10-11H2,1H3. The first-order valence-corrected chi connectivity index (χ1v) is 8.15. The molecule has 2 bridgehead atoms. The molecule has 2 aromatic rings. The van der Waals surface area contributed by atoms with Gasteiger partial charge in [-0.05, 0) is 51.3 Å². The Bertz CT molecular complexity index is 625. The Hall–Kier alpha value is -1.61. The lowest BCUT2D eigenvalue weighted by Crippen LogP contribution is -2.56. The topological polar surface area (TPSA) is 28.2 Å². The average molecular weight is 281 g/mol. The second-order valence-corrected chi connectivity index (χ2v) is 6.49. The number of anilines is 1. The van der Waals surface area contributed by atoms with Crippen LogP contribution in [0, 0.1) is 0 Å². The Morgan fingerprint density at radius 2 is 1.90 bits per heavy atom. The molecule has 2 fully saturated rings. The van der Waals surface area contributed by atoms with E-state index >= 15 is 0 Å². The largest absolute Gasteiger partial charge is 0.364 e. The first kappa shape index (κ1) is 13.1. The van der Waals surface area contributed by atoms with Gasteiger partial charge in [0.05, 0.1) is 17.4 Å². The minimum Gasteiger partial charge on any atom is -0.364 e. The van der Waals surface area contributed by atoms with Crippen molar-refractivity contribution >= 4 is 16.6 Å². The quantitative estimate of drug-likeness (QED) is 0.915. The summed E-state index contributed by atoms with van der Waals surface area (Å²) in [6.45, 7) is 0. The zero-order valence-electron chi connectivity index (χ0n) is 12.6. The molecule has 0 spiro atoms. The lowest BCUT2D eigenvalue weighted by atomic mass is 9.81. The molecule has 1 N–H and O–H groups in total. The van der Waals surface area contributed by atoms with Crippen LogP contribution in [0.25, 0.3) is 10.9 Å². The zero-order chi connectivity index (χ0) is 14.2. The number of para-hydroxylation sites is 1. The summed E-state index contributed by atoms with van der Waals surface area (Å²) in [5.41, 5.74) is 2.41. The van der Waals surface area contributed by atoms with Gasteiger partial charge in [0.1, 0.15) is 0 Å². The Kier molecular flexibility index (Phi) is 3.30. The first-order valence-electron chi connectivity index (χ1n) is 8.15. The van der Waals surface area contributed by atoms with Gasteiger partial charge in [0, 0.05) is 23.5 Å². The molecule has 2 unspecified atom stereocenters. The SMILES string of the molecule is CNC1CC2CCCC(C1)N2c1cnc2ccccc2c1. The van der Waals surface area contributed by atoms with E-state index in [1.54, 1.807) is 0 Å². The third-order valence-corrected chi connectivity index (χ3v) is 5.26. The molecule has 2 aliphatic rings. The normalized spacial score (nSPS) is 28.8. The molecule has 3 nitrogen and oxygen atoms in total. The van der Waals surface area contributed by atoms with Gasteiger partial charge in [-0.25, -0.2) is 0 Å². The summed E-state index contributed by atoms with van der Waals surface area (Å²) in [7, 11) is 2.10. The highest BCUT2D eigenvalue weighted by atomic mass is 15.2. The molecule has 0 saturated carbocycles. The minimum atomic E-state index is 0.679. The highest BCUT2D eigenvalue weighted by molar-refractivity contribution is 5.81. The van der Waals surface area contributed by atoms with Crippen LogP contribution in [0.2, 0.25) is 0 Å². The summed E-state index contributed by atoms with van der Waals surface area (Å²) in [5, 5.41) is 4.75. The third-order valence-electron chi connectivity index (χ3n) is 5.26. The fraction of sp³-hybridized carbons (Fsp3) is 0.500. The van der Waals surface area contributed by atoms with E-state index in [9.17, 15) is 0 Å². The van der Waals surface area contributed by atoms with Crippen molar-refractivity contribution in [2.24, 2.45) is 0 Å². The van der Waals surface area contributed by atoms with E-state index in [4.69, 9.17) is 0 Å². The van der Waals surface area contributed by atoms with Crippen LogP contribution < -0.4 is 10.2 Å². The number of nitrogens with zero attached hydrogens (tertiary/aromatic N) is 2. The second-order valence-electron chi connectivity index (χ2n) is 6.49. The number of piperidine rings is 2. The van der Waals surface area contributed by atoms with Crippen molar-refractivity contribution in [1.82, 2.24) is 10.3 Å². The van der Waals surface area contributed by atoms with E-state index < -0.39 is 0 Å². The number of rotatable bonds is 2. The maximum absolute atomic E-state index is 4.67. The van der Waals surface area contributed by atoms with Crippen LogP contribution in [0.1, 0.15) is 32.1 Å². The molecule has 0 amide bonds. The first-order chi connectivity index (χ1) is 10.3. The summed E-state index contributed by atoms with van der Waals surface area (Å²) in [5.74, 6) is 0. The van der Waals surface area contributed by atoms with Crippen LogP contribution in [0.15, 0.2) is 36.5 Å². The molecule has 0 radical (unpaired) electrons. The van der Waals surface area contributed by atoms with Gasteiger partial charge in [-0.2, -0.15) is 0 Å². The average Bonchev–Trinajstić information content (AvgIpc) is 2.53. The van der Waals surface area contributed by atoms with Gasteiger partial charge in [0.15, 0.2) is 0 Å². The predicted molar refractivity (Wildman–Crippen MR) is 87.7 cm³/mol. The lowest BCUT2D eigenvalue weighted by Gasteiger charge is -2.50. The molecule has 21 heavy (non-hydrogen) atoms. The molecule has 4 rings (SSSR count). The molecule has 1 aromatic carbocycles. The van der Waals surface area contributed by atoms with Crippen molar-refractivity contribution in [1.29, 1.82) is 0 Å². The molecular formula is C18H23N3. The van der Waals surface area contributed by atoms with Crippen molar-refractivity contribution < 1.29 is 0 Å². The third kappa shape index (κ3) is 2.30. The van der Waals surface area contributed by atoms with Gasteiger partial charge < -0.3 is 10.2 Å². The monoisotopic (exact) mass is 281 g/mol. The minimum absolute atomic E-state index is 0.679. The fourth-order valence-electron chi connectivity index (χ4n) is 4.24. The summed E-state index contributed by atoms with van der Waals surface area (Å²) >= 11 is 0. The zero-order valence-corrected chi connectivity index (χ0v) is 12.6. The second kappa shape index (κ2) is 5.30. The number of fused-ring (bicyclic) bond motifs is 3. The van der Waals surface area contributed by atoms with Crippen LogP contribution in [0.5, 0.6) is 0 Å². The van der Waals surface area contributed by atoms with Gasteiger partial charge in [-0.15, -0.1) is 0 Å². The number of nitrogens with one attached hydrogen (secondary N) is 1. The summed E-state index contributed by atoms with van der Waals surface area (Å²) in [4.78, 5) is 7.33. The molecule has 2 atom stereocenters. The molecule has 1 aromatic heterocycles. The maximum atomic E-state index is 4.67. The molecule has 3 heterocycles. The summed E-state index contributed by atoms with van der Waals surface area (Å²) < 4.78 is 0. The molecular weight excluding hydrogens is 258 g/mol. The van der Waals surface area contributed by atoms with Crippen LogP contribution >= 0.6 is 0 Å². The Balaban J connectivity index is 1.70. The van der Waals surface area contributed by atoms with E-state index in [0.29, 0.717) is 18.1 Å². The maximum Gasteiger partial charge on any atom is 0.0703 e. The molecule has 2 aliphatic heterocycles. The molecule has 2 saturated heterocycles. The van der Waals surface area contributed by atoms with Crippen LogP contribution in [0.3, 0.4) is 0 Å². The van der Waals surface area contributed by atoms with Crippen LogP contribution in [-0.2, 0) is 0 Å².